The van der Waals surface area contributed by atoms with Crippen molar-refractivity contribution in [2.75, 3.05) is 11.4 Å². The predicted octanol–water partition coefficient (Wildman–Crippen LogP) is 3.85. The van der Waals surface area contributed by atoms with Crippen molar-refractivity contribution in [3.63, 3.8) is 0 Å². The smallest absolute Gasteiger partial charge is 0.287 e. The molecule has 0 unspecified atom stereocenters. The summed E-state index contributed by atoms with van der Waals surface area (Å²) in [6.45, 7) is 3.64. The Kier molecular flexibility index (Phi) is 7.60. The first-order chi connectivity index (χ1) is 16.9. The number of nitrogens with zero attached hydrogens (tertiary/aromatic N) is 2. The molecule has 0 aliphatic heterocycles. The van der Waals surface area contributed by atoms with Crippen LogP contribution in [0.1, 0.15) is 59.0 Å². The lowest BCUT2D eigenvalue weighted by molar-refractivity contribution is -0.126. The van der Waals surface area contributed by atoms with Crippen molar-refractivity contribution in [1.29, 1.82) is 0 Å². The second kappa shape index (κ2) is 11.0. The van der Waals surface area contributed by atoms with Gasteiger partial charge in [0.1, 0.15) is 6.04 Å². The van der Waals surface area contributed by atoms with Crippen LogP contribution in [0, 0.1) is 13.8 Å². The highest BCUT2D eigenvalue weighted by atomic mass is 16.3. The summed E-state index contributed by atoms with van der Waals surface area (Å²) in [7, 11) is 0. The molecule has 3 amide bonds. The summed E-state index contributed by atoms with van der Waals surface area (Å²) >= 11 is 0. The number of furan rings is 1. The van der Waals surface area contributed by atoms with Gasteiger partial charge in [-0.3, -0.25) is 24.3 Å². The van der Waals surface area contributed by atoms with E-state index in [0.29, 0.717) is 11.3 Å². The standard InChI is InChI=1S/C27H30N4O4/c1-18-11-12-22(15-19(18)2)31(24(32)17-29-26(33)23-10-6-14-35-23)25(20-7-5-13-28-16-20)27(34)30-21-8-3-4-9-21/h5-7,10-16,21,25H,3-4,8-9,17H2,1-2H3,(H,29,33)(H,30,34)/t25-/m1/s1. The summed E-state index contributed by atoms with van der Waals surface area (Å²) in [5.74, 6) is -1.09. The fraction of sp³-hybridized carbons (Fsp3) is 0.333. The van der Waals surface area contributed by atoms with E-state index in [0.717, 1.165) is 36.8 Å². The van der Waals surface area contributed by atoms with Crippen molar-refractivity contribution >= 4 is 23.4 Å². The third-order valence-electron chi connectivity index (χ3n) is 6.39. The van der Waals surface area contributed by atoms with Gasteiger partial charge in [0.05, 0.1) is 12.8 Å². The number of hydrogen-bond acceptors (Lipinski definition) is 5. The van der Waals surface area contributed by atoms with Gasteiger partial charge in [-0.05, 0) is 68.1 Å². The number of anilines is 1. The third kappa shape index (κ3) is 5.77. The van der Waals surface area contributed by atoms with Crippen LogP contribution in [-0.4, -0.2) is 35.3 Å². The average molecular weight is 475 g/mol. The minimum absolute atomic E-state index is 0.0806. The van der Waals surface area contributed by atoms with Crippen molar-refractivity contribution in [3.05, 3.63) is 83.6 Å². The fourth-order valence-corrected chi connectivity index (χ4v) is 4.35. The van der Waals surface area contributed by atoms with E-state index in [4.69, 9.17) is 4.42 Å². The molecule has 4 rings (SSSR count). The highest BCUT2D eigenvalue weighted by Crippen LogP contribution is 2.30. The Morgan fingerprint density at radius 2 is 1.89 bits per heavy atom. The zero-order valence-electron chi connectivity index (χ0n) is 20.0. The molecule has 1 atom stereocenters. The predicted molar refractivity (Wildman–Crippen MR) is 132 cm³/mol. The number of hydrogen-bond donors (Lipinski definition) is 2. The topological polar surface area (TPSA) is 105 Å². The van der Waals surface area contributed by atoms with Crippen molar-refractivity contribution in [1.82, 2.24) is 15.6 Å². The molecule has 8 heteroatoms. The van der Waals surface area contributed by atoms with Crippen LogP contribution in [0.25, 0.3) is 0 Å². The molecule has 1 aliphatic rings. The second-order valence-electron chi connectivity index (χ2n) is 8.87. The molecule has 1 aliphatic carbocycles. The molecular formula is C27H30N4O4. The Hall–Kier alpha value is -3.94. The molecule has 0 radical (unpaired) electrons. The molecule has 3 aromatic rings. The summed E-state index contributed by atoms with van der Waals surface area (Å²) in [6.07, 6.45) is 8.60. The number of rotatable bonds is 8. The Balaban J connectivity index is 1.69. The van der Waals surface area contributed by atoms with E-state index in [1.165, 1.54) is 17.2 Å². The van der Waals surface area contributed by atoms with Crippen LogP contribution in [0.15, 0.2) is 65.5 Å². The second-order valence-corrected chi connectivity index (χ2v) is 8.87. The molecule has 35 heavy (non-hydrogen) atoms. The first-order valence-electron chi connectivity index (χ1n) is 11.9. The third-order valence-corrected chi connectivity index (χ3v) is 6.39. The van der Waals surface area contributed by atoms with Gasteiger partial charge in [0.2, 0.25) is 11.8 Å². The molecular weight excluding hydrogens is 444 g/mol. The Morgan fingerprint density at radius 1 is 1.09 bits per heavy atom. The van der Waals surface area contributed by atoms with Crippen molar-refractivity contribution < 1.29 is 18.8 Å². The van der Waals surface area contributed by atoms with Crippen LogP contribution >= 0.6 is 0 Å². The Morgan fingerprint density at radius 3 is 2.54 bits per heavy atom. The van der Waals surface area contributed by atoms with E-state index in [1.54, 1.807) is 30.6 Å². The van der Waals surface area contributed by atoms with Crippen molar-refractivity contribution in [2.45, 2.75) is 51.6 Å². The fourth-order valence-electron chi connectivity index (χ4n) is 4.35. The van der Waals surface area contributed by atoms with Gasteiger partial charge >= 0.3 is 0 Å². The van der Waals surface area contributed by atoms with Crippen molar-refractivity contribution in [3.8, 4) is 0 Å². The minimum Gasteiger partial charge on any atom is -0.459 e. The lowest BCUT2D eigenvalue weighted by Gasteiger charge is -2.32. The Bertz CT molecular complexity index is 1170. The molecule has 1 fully saturated rings. The number of aryl methyl sites for hydroxylation is 2. The molecule has 2 heterocycles. The quantitative estimate of drug-likeness (QED) is 0.516. The zero-order chi connectivity index (χ0) is 24.8. The molecule has 182 valence electrons. The van der Waals surface area contributed by atoms with E-state index < -0.39 is 17.9 Å². The minimum atomic E-state index is -0.945. The molecule has 2 N–H and O–H groups in total. The summed E-state index contributed by atoms with van der Waals surface area (Å²) < 4.78 is 5.12. The van der Waals surface area contributed by atoms with Gasteiger partial charge in [-0.1, -0.05) is 25.0 Å². The number of aromatic nitrogens is 1. The first kappa shape index (κ1) is 24.2. The molecule has 2 aromatic heterocycles. The summed E-state index contributed by atoms with van der Waals surface area (Å²) in [5.41, 5.74) is 3.22. The van der Waals surface area contributed by atoms with Crippen LogP contribution in [0.2, 0.25) is 0 Å². The number of benzene rings is 1. The SMILES string of the molecule is Cc1ccc(N(C(=O)CNC(=O)c2ccco2)[C@@H](C(=O)NC2CCCC2)c2cccnc2)cc1C. The average Bonchev–Trinajstić information content (AvgIpc) is 3.58. The first-order valence-corrected chi connectivity index (χ1v) is 11.9. The largest absolute Gasteiger partial charge is 0.459 e. The number of carbonyl (C=O) groups is 3. The number of carbonyl (C=O) groups excluding carboxylic acids is 3. The number of amides is 3. The molecule has 0 spiro atoms. The van der Waals surface area contributed by atoms with E-state index in [2.05, 4.69) is 15.6 Å². The van der Waals surface area contributed by atoms with Crippen LogP contribution < -0.4 is 15.5 Å². The monoisotopic (exact) mass is 474 g/mol. The van der Waals surface area contributed by atoms with Crippen LogP contribution in [0.4, 0.5) is 5.69 Å². The number of nitrogens with one attached hydrogen (secondary N) is 2. The van der Waals surface area contributed by atoms with Gasteiger partial charge in [0.15, 0.2) is 5.76 Å². The van der Waals surface area contributed by atoms with Gasteiger partial charge in [0, 0.05) is 29.7 Å². The van der Waals surface area contributed by atoms with Crippen LogP contribution in [0.3, 0.4) is 0 Å². The molecule has 0 bridgehead atoms. The summed E-state index contributed by atoms with van der Waals surface area (Å²) in [5, 5.41) is 5.74. The van der Waals surface area contributed by atoms with E-state index in [9.17, 15) is 14.4 Å². The van der Waals surface area contributed by atoms with Gasteiger partial charge in [-0.2, -0.15) is 0 Å². The number of pyridine rings is 1. The zero-order valence-corrected chi connectivity index (χ0v) is 20.0. The lowest BCUT2D eigenvalue weighted by Crippen LogP contribution is -2.49. The highest BCUT2D eigenvalue weighted by molar-refractivity contribution is 6.04. The van der Waals surface area contributed by atoms with E-state index in [1.807, 2.05) is 32.0 Å². The summed E-state index contributed by atoms with van der Waals surface area (Å²) in [4.78, 5) is 45.4. The van der Waals surface area contributed by atoms with Gasteiger partial charge < -0.3 is 15.1 Å². The molecule has 8 nitrogen and oxygen atoms in total. The maximum Gasteiger partial charge on any atom is 0.287 e. The van der Waals surface area contributed by atoms with Crippen LogP contribution in [-0.2, 0) is 9.59 Å². The van der Waals surface area contributed by atoms with Crippen LogP contribution in [0.5, 0.6) is 0 Å². The normalized spacial score (nSPS) is 14.3. The Labute approximate surface area is 204 Å². The van der Waals surface area contributed by atoms with Crippen molar-refractivity contribution in [2.24, 2.45) is 0 Å². The van der Waals surface area contributed by atoms with E-state index >= 15 is 0 Å². The highest BCUT2D eigenvalue weighted by Gasteiger charge is 2.34. The molecule has 0 saturated heterocycles. The van der Waals surface area contributed by atoms with Gasteiger partial charge in [-0.15, -0.1) is 0 Å². The molecule has 1 aromatic carbocycles. The van der Waals surface area contributed by atoms with Gasteiger partial charge in [-0.25, -0.2) is 0 Å². The maximum atomic E-state index is 13.7. The van der Waals surface area contributed by atoms with E-state index in [-0.39, 0.29) is 24.3 Å². The lowest BCUT2D eigenvalue weighted by atomic mass is 10.0. The maximum absolute atomic E-state index is 13.7. The van der Waals surface area contributed by atoms with Gasteiger partial charge in [0.25, 0.3) is 5.91 Å². The molecule has 1 saturated carbocycles. The summed E-state index contributed by atoms with van der Waals surface area (Å²) in [6, 6.07) is 11.4.